The average molecular weight is 244 g/mol. The maximum Gasteiger partial charge on any atom is 0.239 e. The maximum atomic E-state index is 5.98. The van der Waals surface area contributed by atoms with Crippen LogP contribution in [0.3, 0.4) is 0 Å². The third-order valence-electron chi connectivity index (χ3n) is 1.88. The third kappa shape index (κ3) is 1.71. The van der Waals surface area contributed by atoms with Gasteiger partial charge in [0.2, 0.25) is 5.95 Å². The zero-order valence-corrected chi connectivity index (χ0v) is 8.97. The van der Waals surface area contributed by atoms with Crippen LogP contribution in [-0.2, 0) is 0 Å². The zero-order chi connectivity index (χ0) is 11.0. The second-order valence-electron chi connectivity index (χ2n) is 2.86. The van der Waals surface area contributed by atoms with Crippen molar-refractivity contribution in [3.63, 3.8) is 0 Å². The number of aromatic nitrogens is 3. The summed E-state index contributed by atoms with van der Waals surface area (Å²) in [7, 11) is 0. The van der Waals surface area contributed by atoms with Crippen LogP contribution < -0.4 is 11.5 Å². The summed E-state index contributed by atoms with van der Waals surface area (Å²) in [5, 5.41) is 7.16. The van der Waals surface area contributed by atoms with Gasteiger partial charge in [0.15, 0.2) is 5.82 Å². The number of H-pyrrole nitrogens is 1. The molecule has 2 aromatic rings. The van der Waals surface area contributed by atoms with Crippen LogP contribution in [0.1, 0.15) is 0 Å². The Morgan fingerprint density at radius 3 is 2.40 bits per heavy atom. The van der Waals surface area contributed by atoms with Gasteiger partial charge in [-0.1, -0.05) is 23.2 Å². The number of halogens is 2. The quantitative estimate of drug-likeness (QED) is 0.668. The molecule has 0 aliphatic heterocycles. The first-order valence-corrected chi connectivity index (χ1v) is 4.77. The first-order valence-electron chi connectivity index (χ1n) is 4.01. The van der Waals surface area contributed by atoms with E-state index in [1.807, 2.05) is 0 Å². The molecule has 0 atom stereocenters. The number of anilines is 2. The van der Waals surface area contributed by atoms with Crippen LogP contribution >= 0.6 is 23.2 Å². The van der Waals surface area contributed by atoms with Crippen LogP contribution in [0, 0.1) is 0 Å². The van der Waals surface area contributed by atoms with Gasteiger partial charge in [-0.3, -0.25) is 5.10 Å². The average Bonchev–Trinajstić information content (AvgIpc) is 2.59. The number of nitrogens with one attached hydrogen (secondary N) is 1. The molecule has 0 bridgehead atoms. The summed E-state index contributed by atoms with van der Waals surface area (Å²) in [6.45, 7) is 0. The third-order valence-corrected chi connectivity index (χ3v) is 2.53. The number of hydrogen-bond donors (Lipinski definition) is 3. The van der Waals surface area contributed by atoms with E-state index in [1.165, 1.54) is 0 Å². The van der Waals surface area contributed by atoms with Gasteiger partial charge in [0.1, 0.15) is 0 Å². The molecule has 5 nitrogen and oxygen atoms in total. The van der Waals surface area contributed by atoms with E-state index in [-0.39, 0.29) is 5.95 Å². The van der Waals surface area contributed by atoms with Gasteiger partial charge in [-0.25, -0.2) is 0 Å². The van der Waals surface area contributed by atoms with Gasteiger partial charge in [0, 0.05) is 0 Å². The summed E-state index contributed by atoms with van der Waals surface area (Å²) in [6.07, 6.45) is 0. The molecule has 0 fully saturated rings. The summed E-state index contributed by atoms with van der Waals surface area (Å²) < 4.78 is 0. The highest BCUT2D eigenvalue weighted by atomic mass is 35.5. The molecule has 0 aliphatic carbocycles. The highest BCUT2D eigenvalue weighted by molar-refractivity contribution is 6.37. The summed E-state index contributed by atoms with van der Waals surface area (Å²) in [5.41, 5.74) is 12.0. The van der Waals surface area contributed by atoms with E-state index in [4.69, 9.17) is 34.7 Å². The minimum absolute atomic E-state index is 0.125. The predicted molar refractivity (Wildman–Crippen MR) is 60.7 cm³/mol. The highest BCUT2D eigenvalue weighted by Crippen LogP contribution is 2.35. The Morgan fingerprint density at radius 2 is 1.80 bits per heavy atom. The van der Waals surface area contributed by atoms with Crippen molar-refractivity contribution in [2.75, 3.05) is 11.5 Å². The monoisotopic (exact) mass is 243 g/mol. The maximum absolute atomic E-state index is 5.98. The number of nitrogens with two attached hydrogens (primary N) is 2. The zero-order valence-electron chi connectivity index (χ0n) is 7.46. The van der Waals surface area contributed by atoms with Gasteiger partial charge in [0.05, 0.1) is 21.3 Å². The number of benzene rings is 1. The van der Waals surface area contributed by atoms with Gasteiger partial charge in [0.25, 0.3) is 0 Å². The molecule has 5 N–H and O–H groups in total. The van der Waals surface area contributed by atoms with Crippen molar-refractivity contribution in [1.29, 1.82) is 0 Å². The number of aromatic amines is 1. The first-order chi connectivity index (χ1) is 7.09. The van der Waals surface area contributed by atoms with Crippen molar-refractivity contribution >= 4 is 34.8 Å². The van der Waals surface area contributed by atoms with E-state index in [9.17, 15) is 0 Å². The molecule has 78 valence electrons. The van der Waals surface area contributed by atoms with Crippen molar-refractivity contribution in [2.24, 2.45) is 0 Å². The lowest BCUT2D eigenvalue weighted by atomic mass is 10.1. The summed E-state index contributed by atoms with van der Waals surface area (Å²) in [5.74, 6) is 0.526. The summed E-state index contributed by atoms with van der Waals surface area (Å²) >= 11 is 11.8. The molecular formula is C8H7Cl2N5. The molecule has 0 radical (unpaired) electrons. The van der Waals surface area contributed by atoms with E-state index in [0.29, 0.717) is 27.1 Å². The molecule has 1 heterocycles. The molecule has 2 rings (SSSR count). The van der Waals surface area contributed by atoms with Crippen LogP contribution in [0.25, 0.3) is 11.4 Å². The fraction of sp³-hybridized carbons (Fsp3) is 0. The van der Waals surface area contributed by atoms with Crippen molar-refractivity contribution < 1.29 is 0 Å². The lowest BCUT2D eigenvalue weighted by Crippen LogP contribution is -1.94. The number of nitrogen functional groups attached to an aromatic ring is 2. The normalized spacial score (nSPS) is 10.5. The van der Waals surface area contributed by atoms with Gasteiger partial charge < -0.3 is 11.5 Å². The van der Waals surface area contributed by atoms with Crippen molar-refractivity contribution in [3.05, 3.63) is 22.2 Å². The van der Waals surface area contributed by atoms with Gasteiger partial charge in [-0.2, -0.15) is 4.98 Å². The molecule has 1 aromatic heterocycles. The second-order valence-corrected chi connectivity index (χ2v) is 3.67. The Kier molecular flexibility index (Phi) is 2.42. The molecule has 7 heteroatoms. The number of hydrogen-bond acceptors (Lipinski definition) is 4. The number of nitrogens with zero attached hydrogens (tertiary/aromatic N) is 2. The SMILES string of the molecule is Nc1n[nH]c(-c2c(Cl)ccc(Cl)c2N)n1. The largest absolute Gasteiger partial charge is 0.397 e. The Bertz CT molecular complexity index is 508. The van der Waals surface area contributed by atoms with E-state index < -0.39 is 0 Å². The van der Waals surface area contributed by atoms with Crippen LogP contribution in [0.5, 0.6) is 0 Å². The van der Waals surface area contributed by atoms with Crippen molar-refractivity contribution in [1.82, 2.24) is 15.2 Å². The van der Waals surface area contributed by atoms with Crippen molar-refractivity contribution in [2.45, 2.75) is 0 Å². The molecular weight excluding hydrogens is 237 g/mol. The number of rotatable bonds is 1. The molecule has 0 amide bonds. The van der Waals surface area contributed by atoms with Crippen LogP contribution in [0.4, 0.5) is 11.6 Å². The first kappa shape index (κ1) is 10.1. The predicted octanol–water partition coefficient (Wildman–Crippen LogP) is 1.94. The molecule has 0 saturated carbocycles. The van der Waals surface area contributed by atoms with Gasteiger partial charge in [-0.15, -0.1) is 5.10 Å². The smallest absolute Gasteiger partial charge is 0.239 e. The van der Waals surface area contributed by atoms with Gasteiger partial charge >= 0.3 is 0 Å². The van der Waals surface area contributed by atoms with E-state index in [1.54, 1.807) is 12.1 Å². The Morgan fingerprint density at radius 1 is 1.13 bits per heavy atom. The topological polar surface area (TPSA) is 93.6 Å². The lowest BCUT2D eigenvalue weighted by molar-refractivity contribution is 1.10. The van der Waals surface area contributed by atoms with Crippen LogP contribution in [0.2, 0.25) is 10.0 Å². The molecule has 0 unspecified atom stereocenters. The lowest BCUT2D eigenvalue weighted by Gasteiger charge is -2.05. The Balaban J connectivity index is 2.66. The summed E-state index contributed by atoms with van der Waals surface area (Å²) in [4.78, 5) is 3.93. The van der Waals surface area contributed by atoms with E-state index in [2.05, 4.69) is 15.2 Å². The highest BCUT2D eigenvalue weighted by Gasteiger charge is 2.14. The Hall–Kier alpha value is -1.46. The molecule has 0 saturated heterocycles. The fourth-order valence-electron chi connectivity index (χ4n) is 1.19. The van der Waals surface area contributed by atoms with Crippen LogP contribution in [0.15, 0.2) is 12.1 Å². The molecule has 1 aromatic carbocycles. The van der Waals surface area contributed by atoms with Crippen molar-refractivity contribution in [3.8, 4) is 11.4 Å². The summed E-state index contributed by atoms with van der Waals surface area (Å²) in [6, 6.07) is 3.25. The molecule has 15 heavy (non-hydrogen) atoms. The van der Waals surface area contributed by atoms with E-state index >= 15 is 0 Å². The second kappa shape index (κ2) is 3.60. The molecule has 0 spiro atoms. The molecule has 0 aliphatic rings. The van der Waals surface area contributed by atoms with Gasteiger partial charge in [-0.05, 0) is 12.1 Å². The van der Waals surface area contributed by atoms with Crippen LogP contribution in [-0.4, -0.2) is 15.2 Å². The minimum atomic E-state index is 0.125. The Labute approximate surface area is 95.4 Å². The standard InChI is InChI=1S/C8H7Cl2N5/c9-3-1-2-4(10)6(11)5(3)7-13-8(12)15-14-7/h1-2H,11H2,(H3,12,13,14,15). The van der Waals surface area contributed by atoms with E-state index in [0.717, 1.165) is 0 Å². The fourth-order valence-corrected chi connectivity index (χ4v) is 1.61. The minimum Gasteiger partial charge on any atom is -0.397 e.